The van der Waals surface area contributed by atoms with E-state index in [9.17, 15) is 13.2 Å². The smallest absolute Gasteiger partial charge is 0.252 e. The molecular weight excluding hydrogens is 296 g/mol. The molecule has 0 saturated heterocycles. The topological polar surface area (TPSA) is 66.5 Å². The minimum atomic E-state index is -3.39. The Balaban J connectivity index is 2.71. The Bertz CT molecular complexity index is 601. The van der Waals surface area contributed by atoms with Crippen LogP contribution in [0.4, 0.5) is 0 Å². The van der Waals surface area contributed by atoms with Crippen LogP contribution in [0.3, 0.4) is 0 Å². The van der Waals surface area contributed by atoms with E-state index < -0.39 is 10.0 Å². The van der Waals surface area contributed by atoms with Crippen LogP contribution in [0.1, 0.15) is 25.1 Å². The zero-order valence-corrected chi connectivity index (χ0v) is 13.8. The zero-order chi connectivity index (χ0) is 15.3. The van der Waals surface area contributed by atoms with Crippen LogP contribution in [0, 0.1) is 0 Å². The van der Waals surface area contributed by atoms with Gasteiger partial charge in [-0.25, -0.2) is 12.7 Å². The van der Waals surface area contributed by atoms with Gasteiger partial charge in [-0.2, -0.15) is 0 Å². The summed E-state index contributed by atoms with van der Waals surface area (Å²) in [5.74, 6) is -0.128. The standard InChI is InChI=1S/C13H20N2O3S2/c1-5-6-10(2)13(16)14-9-11-7-8-12(19-11)20(17,18)15(3)4/h6-8H,5,9H2,1-4H3,(H,14,16). The highest BCUT2D eigenvalue weighted by atomic mass is 32.2. The Morgan fingerprint density at radius 2 is 2.05 bits per heavy atom. The molecule has 1 amide bonds. The number of carbonyl (C=O) groups is 1. The van der Waals surface area contributed by atoms with E-state index in [0.29, 0.717) is 12.1 Å². The molecule has 1 aromatic rings. The number of sulfonamides is 1. The molecule has 0 fully saturated rings. The van der Waals surface area contributed by atoms with Crippen molar-refractivity contribution in [2.75, 3.05) is 14.1 Å². The van der Waals surface area contributed by atoms with Crippen molar-refractivity contribution in [3.8, 4) is 0 Å². The summed E-state index contributed by atoms with van der Waals surface area (Å²) in [6.45, 7) is 4.06. The third-order valence-corrected chi connectivity index (χ3v) is 6.03. The first-order valence-electron chi connectivity index (χ1n) is 6.25. The highest BCUT2D eigenvalue weighted by Gasteiger charge is 2.19. The highest BCUT2D eigenvalue weighted by molar-refractivity contribution is 7.91. The predicted molar refractivity (Wildman–Crippen MR) is 81.1 cm³/mol. The fraction of sp³-hybridized carbons (Fsp3) is 0.462. The quantitative estimate of drug-likeness (QED) is 0.816. The fourth-order valence-corrected chi connectivity index (χ4v) is 3.94. The van der Waals surface area contributed by atoms with E-state index in [1.165, 1.54) is 29.7 Å². The van der Waals surface area contributed by atoms with Gasteiger partial charge in [0.05, 0.1) is 6.54 Å². The van der Waals surface area contributed by atoms with Gasteiger partial charge in [-0.3, -0.25) is 4.79 Å². The van der Waals surface area contributed by atoms with E-state index in [0.717, 1.165) is 11.3 Å². The van der Waals surface area contributed by atoms with Crippen LogP contribution >= 0.6 is 11.3 Å². The van der Waals surface area contributed by atoms with Crippen molar-refractivity contribution in [2.45, 2.75) is 31.0 Å². The number of rotatable bonds is 6. The SMILES string of the molecule is CCC=C(C)C(=O)NCc1ccc(S(=O)(=O)N(C)C)s1. The van der Waals surface area contributed by atoms with Crippen molar-refractivity contribution in [3.05, 3.63) is 28.7 Å². The van der Waals surface area contributed by atoms with Crippen molar-refractivity contribution in [2.24, 2.45) is 0 Å². The summed E-state index contributed by atoms with van der Waals surface area (Å²) in [7, 11) is -0.401. The third-order valence-electron chi connectivity index (χ3n) is 2.66. The lowest BCUT2D eigenvalue weighted by Gasteiger charge is -2.08. The average Bonchev–Trinajstić information content (AvgIpc) is 2.85. The number of hydrogen-bond donors (Lipinski definition) is 1. The van der Waals surface area contributed by atoms with Gasteiger partial charge in [0.2, 0.25) is 5.91 Å². The fourth-order valence-electron chi connectivity index (χ4n) is 1.48. The Kier molecular flexibility index (Phi) is 5.91. The summed E-state index contributed by atoms with van der Waals surface area (Å²) < 4.78 is 25.3. The molecule has 0 unspecified atom stereocenters. The first kappa shape index (κ1) is 16.9. The molecule has 0 spiro atoms. The summed E-state index contributed by atoms with van der Waals surface area (Å²) in [6, 6.07) is 3.29. The van der Waals surface area contributed by atoms with Gasteiger partial charge in [0, 0.05) is 24.5 Å². The molecule has 112 valence electrons. The molecular formula is C13H20N2O3S2. The van der Waals surface area contributed by atoms with Gasteiger partial charge >= 0.3 is 0 Å². The number of amides is 1. The molecule has 1 heterocycles. The Hall–Kier alpha value is -1.18. The average molecular weight is 316 g/mol. The summed E-state index contributed by atoms with van der Waals surface area (Å²) in [5, 5.41) is 2.77. The van der Waals surface area contributed by atoms with Gasteiger partial charge in [-0.1, -0.05) is 13.0 Å². The van der Waals surface area contributed by atoms with E-state index in [2.05, 4.69) is 5.32 Å². The second-order valence-corrected chi connectivity index (χ2v) is 8.03. The minimum absolute atomic E-state index is 0.128. The second-order valence-electron chi connectivity index (χ2n) is 4.49. The number of carbonyl (C=O) groups excluding carboxylic acids is 1. The van der Waals surface area contributed by atoms with Crippen LogP contribution in [0.2, 0.25) is 0 Å². The molecule has 0 aliphatic heterocycles. The summed E-state index contributed by atoms with van der Waals surface area (Å²) in [4.78, 5) is 12.5. The Morgan fingerprint density at radius 1 is 1.40 bits per heavy atom. The summed E-state index contributed by atoms with van der Waals surface area (Å²) in [6.07, 6.45) is 2.66. The molecule has 7 heteroatoms. The summed E-state index contributed by atoms with van der Waals surface area (Å²) in [5.41, 5.74) is 0.671. The number of hydrogen-bond acceptors (Lipinski definition) is 4. The van der Waals surface area contributed by atoms with Gasteiger partial charge in [0.25, 0.3) is 10.0 Å². The molecule has 5 nitrogen and oxygen atoms in total. The van der Waals surface area contributed by atoms with Gasteiger partial charge in [0.1, 0.15) is 4.21 Å². The molecule has 0 bridgehead atoms. The molecule has 0 radical (unpaired) electrons. The number of nitrogens with zero attached hydrogens (tertiary/aromatic N) is 1. The molecule has 0 aliphatic rings. The maximum absolute atomic E-state index is 11.9. The van der Waals surface area contributed by atoms with Crippen molar-refractivity contribution < 1.29 is 13.2 Å². The van der Waals surface area contributed by atoms with E-state index in [-0.39, 0.29) is 10.1 Å². The molecule has 0 aliphatic carbocycles. The van der Waals surface area contributed by atoms with Gasteiger partial charge in [-0.15, -0.1) is 11.3 Å². The first-order valence-corrected chi connectivity index (χ1v) is 8.51. The zero-order valence-electron chi connectivity index (χ0n) is 12.1. The molecule has 20 heavy (non-hydrogen) atoms. The number of nitrogens with one attached hydrogen (secondary N) is 1. The maximum atomic E-state index is 11.9. The van der Waals surface area contributed by atoms with Crippen LogP contribution in [-0.4, -0.2) is 32.7 Å². The van der Waals surface area contributed by atoms with Crippen molar-refractivity contribution in [1.82, 2.24) is 9.62 Å². The number of allylic oxidation sites excluding steroid dienone is 1. The lowest BCUT2D eigenvalue weighted by Crippen LogP contribution is -2.23. The van der Waals surface area contributed by atoms with Crippen LogP contribution in [0.15, 0.2) is 28.0 Å². The van der Waals surface area contributed by atoms with Gasteiger partial charge in [0.15, 0.2) is 0 Å². The molecule has 1 aromatic heterocycles. The van der Waals surface area contributed by atoms with Crippen molar-refractivity contribution in [3.63, 3.8) is 0 Å². The van der Waals surface area contributed by atoms with E-state index >= 15 is 0 Å². The lowest BCUT2D eigenvalue weighted by atomic mass is 10.2. The molecule has 0 saturated carbocycles. The van der Waals surface area contributed by atoms with E-state index in [1.807, 2.05) is 13.0 Å². The Morgan fingerprint density at radius 3 is 2.60 bits per heavy atom. The highest BCUT2D eigenvalue weighted by Crippen LogP contribution is 2.23. The summed E-state index contributed by atoms with van der Waals surface area (Å²) >= 11 is 1.17. The van der Waals surface area contributed by atoms with Gasteiger partial charge in [-0.05, 0) is 25.5 Å². The minimum Gasteiger partial charge on any atom is -0.347 e. The largest absolute Gasteiger partial charge is 0.347 e. The molecule has 1 N–H and O–H groups in total. The lowest BCUT2D eigenvalue weighted by molar-refractivity contribution is -0.117. The van der Waals surface area contributed by atoms with Crippen LogP contribution < -0.4 is 5.32 Å². The molecule has 1 rings (SSSR count). The van der Waals surface area contributed by atoms with Crippen molar-refractivity contribution >= 4 is 27.3 Å². The van der Waals surface area contributed by atoms with Crippen LogP contribution in [-0.2, 0) is 21.4 Å². The van der Waals surface area contributed by atoms with Crippen molar-refractivity contribution in [1.29, 1.82) is 0 Å². The first-order chi connectivity index (χ1) is 9.28. The van der Waals surface area contributed by atoms with Crippen LogP contribution in [0.5, 0.6) is 0 Å². The van der Waals surface area contributed by atoms with E-state index in [1.54, 1.807) is 19.1 Å². The van der Waals surface area contributed by atoms with Crippen LogP contribution in [0.25, 0.3) is 0 Å². The molecule has 0 aromatic carbocycles. The monoisotopic (exact) mass is 316 g/mol. The van der Waals surface area contributed by atoms with Gasteiger partial charge < -0.3 is 5.32 Å². The maximum Gasteiger partial charge on any atom is 0.252 e. The Labute approximate surface area is 124 Å². The second kappa shape index (κ2) is 7.01. The molecule has 0 atom stereocenters. The predicted octanol–water partition coefficient (Wildman–Crippen LogP) is 1.97. The third kappa shape index (κ3) is 4.16. The number of thiophene rings is 1. The van der Waals surface area contributed by atoms with E-state index in [4.69, 9.17) is 0 Å². The normalized spacial score (nSPS) is 12.8.